The molecular formula is C27H20ClN2O2S+. The highest BCUT2D eigenvalue weighted by Gasteiger charge is 2.84. The second-order valence-electron chi connectivity index (χ2n) is 7.82. The molecule has 0 bridgehead atoms. The topological polar surface area (TPSA) is 49.4 Å². The molecule has 4 nitrogen and oxygen atoms in total. The van der Waals surface area contributed by atoms with Crippen molar-refractivity contribution in [3.63, 3.8) is 0 Å². The molecule has 0 radical (unpaired) electrons. The Morgan fingerprint density at radius 2 is 1.21 bits per heavy atom. The predicted molar refractivity (Wildman–Crippen MR) is 133 cm³/mol. The third-order valence-electron chi connectivity index (χ3n) is 6.03. The molecule has 1 heterocycles. The molecule has 1 aliphatic heterocycles. The Balaban J connectivity index is 1.80. The molecule has 0 unspecified atom stereocenters. The van der Waals surface area contributed by atoms with Crippen molar-refractivity contribution in [3.05, 3.63) is 131 Å². The van der Waals surface area contributed by atoms with E-state index in [4.69, 9.17) is 11.6 Å². The molecule has 4 aromatic carbocycles. The molecule has 1 fully saturated rings. The van der Waals surface area contributed by atoms with Crippen LogP contribution < -0.4 is 10.2 Å². The first-order valence-electron chi connectivity index (χ1n) is 10.5. The monoisotopic (exact) mass is 471 g/mol. The van der Waals surface area contributed by atoms with Gasteiger partial charge in [0.2, 0.25) is 5.54 Å². The minimum Gasteiger partial charge on any atom is -0.361 e. The van der Waals surface area contributed by atoms with E-state index in [1.54, 1.807) is 29.2 Å². The zero-order chi connectivity index (χ0) is 22.9. The summed E-state index contributed by atoms with van der Waals surface area (Å²) in [6.45, 7) is 0. The van der Waals surface area contributed by atoms with Gasteiger partial charge < -0.3 is 5.32 Å². The van der Waals surface area contributed by atoms with Gasteiger partial charge in [0.1, 0.15) is 0 Å². The van der Waals surface area contributed by atoms with Gasteiger partial charge in [0.05, 0.1) is 5.69 Å². The third kappa shape index (κ3) is 3.16. The highest BCUT2D eigenvalue weighted by atomic mass is 35.5. The highest BCUT2D eigenvalue weighted by molar-refractivity contribution is 7.67. The van der Waals surface area contributed by atoms with Crippen LogP contribution in [0.1, 0.15) is 11.1 Å². The molecule has 1 aliphatic rings. The Bertz CT molecular complexity index is 1290. The van der Waals surface area contributed by atoms with E-state index in [1.165, 1.54) is 0 Å². The third-order valence-corrected chi connectivity index (χ3v) is 7.25. The smallest absolute Gasteiger partial charge is 0.361 e. The number of rotatable bonds is 6. The Hall–Kier alpha value is -3.54. The van der Waals surface area contributed by atoms with Gasteiger partial charge in [0.25, 0.3) is 5.91 Å². The summed E-state index contributed by atoms with van der Waals surface area (Å²) in [7, 11) is 0. The highest BCUT2D eigenvalue weighted by Crippen LogP contribution is 2.58. The summed E-state index contributed by atoms with van der Waals surface area (Å²) in [5.74, 6) is -0.216. The first kappa shape index (κ1) is 21.3. The molecule has 0 aromatic heterocycles. The SMILES string of the molecule is O=[S+][C@]1(c2ccccc2)N(c2ccc(Cl)cc2)C(=O)[C@@]1(Nc1ccccc1)c1ccccc1. The van der Waals surface area contributed by atoms with E-state index >= 15 is 0 Å². The fourth-order valence-electron chi connectivity index (χ4n) is 4.57. The van der Waals surface area contributed by atoms with Gasteiger partial charge in [-0.2, -0.15) is 0 Å². The number of hydrogen-bond donors (Lipinski definition) is 1. The van der Waals surface area contributed by atoms with Crippen molar-refractivity contribution in [2.75, 3.05) is 10.2 Å². The van der Waals surface area contributed by atoms with Crippen molar-refractivity contribution in [2.45, 2.75) is 10.4 Å². The lowest BCUT2D eigenvalue weighted by Crippen LogP contribution is -2.81. The lowest BCUT2D eigenvalue weighted by molar-refractivity contribution is -0.133. The lowest BCUT2D eigenvalue weighted by atomic mass is 9.69. The van der Waals surface area contributed by atoms with Crippen molar-refractivity contribution in [1.82, 2.24) is 0 Å². The fraction of sp³-hybridized carbons (Fsp3) is 0.0741. The van der Waals surface area contributed by atoms with Gasteiger partial charge in [0, 0.05) is 20.5 Å². The molecule has 5 rings (SSSR count). The van der Waals surface area contributed by atoms with Crippen LogP contribution in [0.3, 0.4) is 0 Å². The maximum Gasteiger partial charge on any atom is 0.499 e. The molecule has 162 valence electrons. The molecule has 1 N–H and O–H groups in total. The minimum absolute atomic E-state index is 0.216. The maximum absolute atomic E-state index is 14.2. The van der Waals surface area contributed by atoms with E-state index < -0.39 is 10.4 Å². The number of nitrogens with zero attached hydrogens (tertiary/aromatic N) is 1. The van der Waals surface area contributed by atoms with Crippen LogP contribution in [0.4, 0.5) is 11.4 Å². The molecule has 1 amide bonds. The molecule has 0 aliphatic carbocycles. The number of nitrogens with one attached hydrogen (secondary N) is 1. The number of halogens is 1. The fourth-order valence-corrected chi connectivity index (χ4v) is 5.58. The summed E-state index contributed by atoms with van der Waals surface area (Å²) < 4.78 is 13.3. The molecule has 2 atom stereocenters. The number of β-lactam (4-membered cyclic amide) rings is 1. The zero-order valence-electron chi connectivity index (χ0n) is 17.5. The number of carbonyl (C=O) groups is 1. The van der Waals surface area contributed by atoms with E-state index in [0.717, 1.165) is 16.8 Å². The van der Waals surface area contributed by atoms with Gasteiger partial charge in [-0.05, 0) is 42.0 Å². The zero-order valence-corrected chi connectivity index (χ0v) is 19.1. The van der Waals surface area contributed by atoms with Gasteiger partial charge in [0.15, 0.2) is 0 Å². The van der Waals surface area contributed by atoms with Crippen molar-refractivity contribution >= 4 is 40.5 Å². The number of anilines is 2. The van der Waals surface area contributed by atoms with E-state index in [0.29, 0.717) is 22.4 Å². The summed E-state index contributed by atoms with van der Waals surface area (Å²) in [4.78, 5) is 14.5. The first-order valence-corrected chi connectivity index (χ1v) is 11.6. The second kappa shape index (κ2) is 8.43. The van der Waals surface area contributed by atoms with Crippen LogP contribution in [0.5, 0.6) is 0 Å². The Morgan fingerprint density at radius 3 is 1.76 bits per heavy atom. The summed E-state index contributed by atoms with van der Waals surface area (Å²) >= 11 is 6.52. The Kier molecular flexibility index (Phi) is 5.44. The first-order chi connectivity index (χ1) is 16.1. The van der Waals surface area contributed by atoms with Gasteiger partial charge >= 0.3 is 16.5 Å². The second-order valence-corrected chi connectivity index (χ2v) is 9.01. The number of carbonyl (C=O) groups excluding carboxylic acids is 1. The number of para-hydroxylation sites is 1. The minimum atomic E-state index is -1.33. The van der Waals surface area contributed by atoms with Crippen molar-refractivity contribution in [3.8, 4) is 0 Å². The van der Waals surface area contributed by atoms with Crippen LogP contribution >= 0.6 is 11.6 Å². The summed E-state index contributed by atoms with van der Waals surface area (Å²) in [6, 6.07) is 35.4. The summed E-state index contributed by atoms with van der Waals surface area (Å²) in [6.07, 6.45) is 0. The van der Waals surface area contributed by atoms with E-state index in [1.807, 2.05) is 91.0 Å². The molecule has 33 heavy (non-hydrogen) atoms. The van der Waals surface area contributed by atoms with E-state index in [2.05, 4.69) is 5.32 Å². The van der Waals surface area contributed by atoms with Crippen molar-refractivity contribution in [1.29, 1.82) is 0 Å². The molecule has 0 saturated carbocycles. The van der Waals surface area contributed by atoms with Crippen molar-refractivity contribution in [2.24, 2.45) is 0 Å². The van der Waals surface area contributed by atoms with Crippen LogP contribution in [0.25, 0.3) is 0 Å². The van der Waals surface area contributed by atoms with E-state index in [9.17, 15) is 9.00 Å². The van der Waals surface area contributed by atoms with Gasteiger partial charge in [-0.25, -0.2) is 4.90 Å². The quantitative estimate of drug-likeness (QED) is 0.278. The van der Waals surface area contributed by atoms with Gasteiger partial charge in [-0.1, -0.05) is 90.5 Å². The largest absolute Gasteiger partial charge is 0.499 e. The molecule has 6 heteroatoms. The number of amides is 1. The van der Waals surface area contributed by atoms with Gasteiger partial charge in [-0.15, -0.1) is 0 Å². The summed E-state index contributed by atoms with van der Waals surface area (Å²) in [5, 5.41) is 4.03. The number of hydrogen-bond acceptors (Lipinski definition) is 3. The van der Waals surface area contributed by atoms with Crippen LogP contribution in [0, 0.1) is 0 Å². The molecule has 4 aromatic rings. The predicted octanol–water partition coefficient (Wildman–Crippen LogP) is 5.98. The molecular weight excluding hydrogens is 452 g/mol. The Morgan fingerprint density at radius 1 is 0.697 bits per heavy atom. The maximum atomic E-state index is 14.2. The van der Waals surface area contributed by atoms with Crippen LogP contribution in [0.2, 0.25) is 5.02 Å². The van der Waals surface area contributed by atoms with Crippen LogP contribution in [0.15, 0.2) is 115 Å². The van der Waals surface area contributed by atoms with Crippen LogP contribution in [-0.2, 0) is 31.1 Å². The average Bonchev–Trinajstić information content (AvgIpc) is 2.88. The normalized spacial score (nSPS) is 21.8. The molecule has 0 spiro atoms. The van der Waals surface area contributed by atoms with Crippen LogP contribution in [-0.4, -0.2) is 5.91 Å². The van der Waals surface area contributed by atoms with Crippen molar-refractivity contribution < 1.29 is 9.00 Å². The van der Waals surface area contributed by atoms with Gasteiger partial charge in [-0.3, -0.25) is 4.79 Å². The molecule has 1 saturated heterocycles. The Labute approximate surface area is 201 Å². The average molecular weight is 472 g/mol. The van der Waals surface area contributed by atoms with E-state index in [-0.39, 0.29) is 5.91 Å². The summed E-state index contributed by atoms with van der Waals surface area (Å²) in [5.41, 5.74) is 1.48. The lowest BCUT2D eigenvalue weighted by Gasteiger charge is -2.55. The number of benzene rings is 4. The standard InChI is InChI=1S/C27H20ClN2O2S/c28-22-16-18-24(19-17-22)30-25(31)26(20-10-4-1-5-11-20,29-23-14-8-3-9-15-23)27(30,33-32)21-12-6-2-7-13-21/h1-19,29H/q+1/t26-,27-/m0/s1.